The first kappa shape index (κ1) is 17.2. The lowest BCUT2D eigenvalue weighted by Gasteiger charge is -2.15. The number of carbonyl (C=O) groups excluding carboxylic acids is 2. The van der Waals surface area contributed by atoms with Crippen LogP contribution in [0.4, 0.5) is 5.69 Å². The number of nitrogens with zero attached hydrogens (tertiary/aromatic N) is 1. The van der Waals surface area contributed by atoms with E-state index in [-0.39, 0.29) is 11.6 Å². The standard InChI is InChI=1S/C19H17N3O4/c1-25-19(24)16(12-5-3-2-4-6-12)22-17(23)15-11-26-18(21-15)13-7-9-14(20)10-8-13/h2-11,16H,20H2,1H3,(H,22,23). The van der Waals surface area contributed by atoms with Crippen molar-refractivity contribution >= 4 is 17.6 Å². The normalized spacial score (nSPS) is 11.6. The second-order valence-electron chi connectivity index (χ2n) is 5.50. The van der Waals surface area contributed by atoms with E-state index < -0.39 is 17.9 Å². The molecule has 3 N–H and O–H groups in total. The Bertz CT molecular complexity index is 904. The van der Waals surface area contributed by atoms with E-state index in [9.17, 15) is 9.59 Å². The first-order valence-electron chi connectivity index (χ1n) is 7.83. The average Bonchev–Trinajstić information content (AvgIpc) is 3.17. The van der Waals surface area contributed by atoms with Gasteiger partial charge in [-0.1, -0.05) is 30.3 Å². The lowest BCUT2D eigenvalue weighted by atomic mass is 10.1. The minimum Gasteiger partial charge on any atom is -0.467 e. The Kier molecular flexibility index (Phi) is 4.98. The molecule has 3 rings (SSSR count). The summed E-state index contributed by atoms with van der Waals surface area (Å²) in [4.78, 5) is 28.7. The predicted molar refractivity (Wildman–Crippen MR) is 95.0 cm³/mol. The van der Waals surface area contributed by atoms with Gasteiger partial charge in [0, 0.05) is 11.3 Å². The Hall–Kier alpha value is -3.61. The molecule has 1 amide bonds. The Balaban J connectivity index is 1.80. The molecule has 132 valence electrons. The molecule has 1 aromatic heterocycles. The highest BCUT2D eigenvalue weighted by Crippen LogP contribution is 2.21. The van der Waals surface area contributed by atoms with Gasteiger partial charge in [0.2, 0.25) is 5.89 Å². The molecular formula is C19H17N3O4. The van der Waals surface area contributed by atoms with Crippen LogP contribution >= 0.6 is 0 Å². The molecule has 0 radical (unpaired) electrons. The van der Waals surface area contributed by atoms with Crippen molar-refractivity contribution in [1.82, 2.24) is 10.3 Å². The predicted octanol–water partition coefficient (Wildman–Crippen LogP) is 2.57. The highest BCUT2D eigenvalue weighted by molar-refractivity contribution is 5.95. The Morgan fingerprint density at radius 3 is 2.46 bits per heavy atom. The first-order chi connectivity index (χ1) is 12.6. The highest BCUT2D eigenvalue weighted by Gasteiger charge is 2.25. The molecular weight excluding hydrogens is 334 g/mol. The van der Waals surface area contributed by atoms with E-state index in [1.54, 1.807) is 48.5 Å². The van der Waals surface area contributed by atoms with Crippen LogP contribution in [0.3, 0.4) is 0 Å². The van der Waals surface area contributed by atoms with Gasteiger partial charge in [-0.2, -0.15) is 0 Å². The fourth-order valence-electron chi connectivity index (χ4n) is 2.38. The van der Waals surface area contributed by atoms with Crippen LogP contribution in [0, 0.1) is 0 Å². The number of benzene rings is 2. The molecule has 1 heterocycles. The molecule has 7 heteroatoms. The molecule has 0 aliphatic carbocycles. The second-order valence-corrected chi connectivity index (χ2v) is 5.50. The van der Waals surface area contributed by atoms with Gasteiger partial charge in [0.25, 0.3) is 5.91 Å². The molecule has 0 aliphatic heterocycles. The molecule has 0 saturated heterocycles. The molecule has 26 heavy (non-hydrogen) atoms. The van der Waals surface area contributed by atoms with E-state index in [0.717, 1.165) is 0 Å². The molecule has 0 saturated carbocycles. The van der Waals surface area contributed by atoms with Gasteiger partial charge < -0.3 is 20.2 Å². The van der Waals surface area contributed by atoms with E-state index in [1.165, 1.54) is 13.4 Å². The fraction of sp³-hybridized carbons (Fsp3) is 0.105. The summed E-state index contributed by atoms with van der Waals surface area (Å²) in [5.41, 5.74) is 7.61. The lowest BCUT2D eigenvalue weighted by Crippen LogP contribution is -2.34. The van der Waals surface area contributed by atoms with Crippen LogP contribution in [0.15, 0.2) is 65.3 Å². The van der Waals surface area contributed by atoms with Crippen molar-refractivity contribution < 1.29 is 18.7 Å². The number of hydrogen-bond donors (Lipinski definition) is 2. The highest BCUT2D eigenvalue weighted by atomic mass is 16.5. The van der Waals surface area contributed by atoms with Gasteiger partial charge in [0.1, 0.15) is 6.26 Å². The van der Waals surface area contributed by atoms with Crippen LogP contribution in [0.1, 0.15) is 22.1 Å². The van der Waals surface area contributed by atoms with Crippen LogP contribution in [0.5, 0.6) is 0 Å². The molecule has 0 fully saturated rings. The summed E-state index contributed by atoms with van der Waals surface area (Å²) in [6.07, 6.45) is 1.24. The third-order valence-corrected chi connectivity index (χ3v) is 3.74. The number of nitrogens with one attached hydrogen (secondary N) is 1. The Morgan fingerprint density at radius 1 is 1.12 bits per heavy atom. The third-order valence-electron chi connectivity index (χ3n) is 3.74. The molecule has 1 atom stereocenters. The van der Waals surface area contributed by atoms with Gasteiger partial charge in [-0.3, -0.25) is 4.79 Å². The number of carbonyl (C=O) groups is 2. The van der Waals surface area contributed by atoms with Crippen molar-refractivity contribution in [3.8, 4) is 11.5 Å². The van der Waals surface area contributed by atoms with Gasteiger partial charge in [0.05, 0.1) is 7.11 Å². The zero-order valence-electron chi connectivity index (χ0n) is 14.0. The topological polar surface area (TPSA) is 107 Å². The number of nitrogens with two attached hydrogens (primary N) is 1. The van der Waals surface area contributed by atoms with E-state index in [0.29, 0.717) is 16.8 Å². The van der Waals surface area contributed by atoms with Crippen molar-refractivity contribution in [2.24, 2.45) is 0 Å². The van der Waals surface area contributed by atoms with Crippen molar-refractivity contribution in [3.05, 3.63) is 72.1 Å². The van der Waals surface area contributed by atoms with Crippen LogP contribution in [-0.2, 0) is 9.53 Å². The van der Waals surface area contributed by atoms with Crippen LogP contribution in [0.2, 0.25) is 0 Å². The number of oxazole rings is 1. The third kappa shape index (κ3) is 3.72. The maximum absolute atomic E-state index is 12.5. The van der Waals surface area contributed by atoms with Gasteiger partial charge in [0.15, 0.2) is 11.7 Å². The van der Waals surface area contributed by atoms with Crippen LogP contribution in [0.25, 0.3) is 11.5 Å². The van der Waals surface area contributed by atoms with E-state index in [4.69, 9.17) is 14.9 Å². The van der Waals surface area contributed by atoms with Gasteiger partial charge in [-0.15, -0.1) is 0 Å². The first-order valence-corrected chi connectivity index (χ1v) is 7.83. The number of anilines is 1. The quantitative estimate of drug-likeness (QED) is 0.540. The molecule has 2 aromatic carbocycles. The summed E-state index contributed by atoms with van der Waals surface area (Å²) in [6.45, 7) is 0. The zero-order chi connectivity index (χ0) is 18.5. The van der Waals surface area contributed by atoms with Crippen molar-refractivity contribution in [1.29, 1.82) is 0 Å². The summed E-state index contributed by atoms with van der Waals surface area (Å²) in [6, 6.07) is 14.8. The van der Waals surface area contributed by atoms with Crippen molar-refractivity contribution in [2.45, 2.75) is 6.04 Å². The second kappa shape index (κ2) is 7.52. The minimum absolute atomic E-state index is 0.0571. The molecule has 3 aromatic rings. The minimum atomic E-state index is -0.939. The lowest BCUT2D eigenvalue weighted by molar-refractivity contribution is -0.143. The number of methoxy groups -OCH3 is 1. The van der Waals surface area contributed by atoms with E-state index in [2.05, 4.69) is 10.3 Å². The zero-order valence-corrected chi connectivity index (χ0v) is 14.0. The molecule has 0 spiro atoms. The van der Waals surface area contributed by atoms with E-state index in [1.807, 2.05) is 6.07 Å². The van der Waals surface area contributed by atoms with Crippen LogP contribution in [-0.4, -0.2) is 24.0 Å². The number of hydrogen-bond acceptors (Lipinski definition) is 6. The van der Waals surface area contributed by atoms with Crippen molar-refractivity contribution in [2.75, 3.05) is 12.8 Å². The summed E-state index contributed by atoms with van der Waals surface area (Å²) < 4.78 is 10.1. The monoisotopic (exact) mass is 351 g/mol. The molecule has 0 bridgehead atoms. The van der Waals surface area contributed by atoms with E-state index >= 15 is 0 Å². The molecule has 7 nitrogen and oxygen atoms in total. The summed E-state index contributed by atoms with van der Waals surface area (Å²) >= 11 is 0. The number of amides is 1. The summed E-state index contributed by atoms with van der Waals surface area (Å²) in [5.74, 6) is -0.842. The van der Waals surface area contributed by atoms with Crippen LogP contribution < -0.4 is 11.1 Å². The Morgan fingerprint density at radius 2 is 1.81 bits per heavy atom. The number of ether oxygens (including phenoxy) is 1. The van der Waals surface area contributed by atoms with Gasteiger partial charge >= 0.3 is 5.97 Å². The summed E-state index contributed by atoms with van der Waals surface area (Å²) in [7, 11) is 1.26. The fourth-order valence-corrected chi connectivity index (χ4v) is 2.38. The maximum Gasteiger partial charge on any atom is 0.333 e. The SMILES string of the molecule is COC(=O)C(NC(=O)c1coc(-c2ccc(N)cc2)n1)c1ccccc1. The van der Waals surface area contributed by atoms with Gasteiger partial charge in [-0.05, 0) is 29.8 Å². The van der Waals surface area contributed by atoms with Gasteiger partial charge in [-0.25, -0.2) is 9.78 Å². The van der Waals surface area contributed by atoms with Crippen molar-refractivity contribution in [3.63, 3.8) is 0 Å². The number of rotatable bonds is 5. The maximum atomic E-state index is 12.5. The number of aromatic nitrogens is 1. The largest absolute Gasteiger partial charge is 0.467 e. The smallest absolute Gasteiger partial charge is 0.333 e. The average molecular weight is 351 g/mol. The Labute approximate surface area is 149 Å². The summed E-state index contributed by atoms with van der Waals surface area (Å²) in [5, 5.41) is 2.62. The molecule has 0 aliphatic rings. The number of esters is 1. The molecule has 1 unspecified atom stereocenters. The number of nitrogen functional groups attached to an aromatic ring is 1.